The summed E-state index contributed by atoms with van der Waals surface area (Å²) in [5.74, 6) is 0. The molecular formula is C34H26S2+2. The fraction of sp³-hybridized carbons (Fsp3) is 0. The third-order valence-electron chi connectivity index (χ3n) is 6.20. The SMILES string of the molecule is c1ccc([S+](c2ccccc2)c2ccc([S+](c3ccccc3)c3ccccc3)c3ccccc23)cc1. The van der Waals surface area contributed by atoms with Gasteiger partial charge in [-0.15, -0.1) is 0 Å². The van der Waals surface area contributed by atoms with E-state index in [-0.39, 0.29) is 21.8 Å². The van der Waals surface area contributed by atoms with E-state index in [1.165, 1.54) is 40.1 Å². The van der Waals surface area contributed by atoms with Gasteiger partial charge in [-0.1, -0.05) is 84.9 Å². The maximum Gasteiger partial charge on any atom is 0.174 e. The standard InChI is InChI=1S/C34H26S2/c1-5-15-27(16-6-1)35(28-17-7-2-8-18-28)33-25-26-34(32-24-14-13-23-31(32)33)36(29-19-9-3-10-20-29)30-21-11-4-12-22-30/h1-26H/q+2. The van der Waals surface area contributed by atoms with E-state index in [0.717, 1.165) is 0 Å². The van der Waals surface area contributed by atoms with E-state index in [9.17, 15) is 0 Å². The van der Waals surface area contributed by atoms with Gasteiger partial charge in [0, 0.05) is 10.8 Å². The molecule has 0 spiro atoms. The fourth-order valence-electron chi connectivity index (χ4n) is 4.61. The molecule has 0 fully saturated rings. The summed E-state index contributed by atoms with van der Waals surface area (Å²) in [4.78, 5) is 8.10. The Morgan fingerprint density at radius 2 is 0.500 bits per heavy atom. The van der Waals surface area contributed by atoms with Gasteiger partial charge >= 0.3 is 0 Å². The molecule has 0 saturated heterocycles. The van der Waals surface area contributed by atoms with Crippen LogP contribution in [0.2, 0.25) is 0 Å². The van der Waals surface area contributed by atoms with Gasteiger partial charge in [0.05, 0.1) is 21.8 Å². The summed E-state index contributed by atoms with van der Waals surface area (Å²) >= 11 is 0. The second-order valence-electron chi connectivity index (χ2n) is 8.47. The second-order valence-corrected chi connectivity index (χ2v) is 12.5. The zero-order chi connectivity index (χ0) is 24.2. The molecule has 0 aromatic heterocycles. The molecule has 6 aromatic rings. The topological polar surface area (TPSA) is 0 Å². The maximum atomic E-state index is 2.38. The van der Waals surface area contributed by atoms with Crippen LogP contribution in [-0.4, -0.2) is 0 Å². The Kier molecular flexibility index (Phi) is 6.62. The molecule has 172 valence electrons. The van der Waals surface area contributed by atoms with Gasteiger partial charge in [0.15, 0.2) is 29.4 Å². The number of benzene rings is 6. The smallest absolute Gasteiger partial charge is 0.0619 e. The number of fused-ring (bicyclic) bond motifs is 1. The maximum absolute atomic E-state index is 2.38. The highest BCUT2D eigenvalue weighted by Gasteiger charge is 2.35. The summed E-state index contributed by atoms with van der Waals surface area (Å²) in [7, 11) is -0.393. The fourth-order valence-corrected chi connectivity index (χ4v) is 9.09. The van der Waals surface area contributed by atoms with Crippen LogP contribution in [0.3, 0.4) is 0 Å². The van der Waals surface area contributed by atoms with Gasteiger partial charge in [0.2, 0.25) is 0 Å². The second kappa shape index (κ2) is 10.5. The monoisotopic (exact) mass is 498 g/mol. The van der Waals surface area contributed by atoms with Crippen LogP contribution in [0.4, 0.5) is 0 Å². The van der Waals surface area contributed by atoms with Crippen molar-refractivity contribution in [3.05, 3.63) is 158 Å². The molecule has 0 bridgehead atoms. The molecule has 0 atom stereocenters. The van der Waals surface area contributed by atoms with Crippen molar-refractivity contribution in [2.45, 2.75) is 29.4 Å². The Balaban J connectivity index is 1.60. The van der Waals surface area contributed by atoms with E-state index >= 15 is 0 Å². The van der Waals surface area contributed by atoms with Crippen molar-refractivity contribution in [2.75, 3.05) is 0 Å². The van der Waals surface area contributed by atoms with Crippen LogP contribution in [0.25, 0.3) is 10.8 Å². The van der Waals surface area contributed by atoms with Crippen molar-refractivity contribution in [3.8, 4) is 0 Å². The van der Waals surface area contributed by atoms with E-state index in [1.807, 2.05) is 0 Å². The number of hydrogen-bond acceptors (Lipinski definition) is 0. The molecule has 0 aliphatic heterocycles. The van der Waals surface area contributed by atoms with E-state index in [0.29, 0.717) is 0 Å². The largest absolute Gasteiger partial charge is 0.174 e. The van der Waals surface area contributed by atoms with Gasteiger partial charge in [0.25, 0.3) is 0 Å². The van der Waals surface area contributed by atoms with Crippen molar-refractivity contribution in [2.24, 2.45) is 0 Å². The van der Waals surface area contributed by atoms with E-state index in [2.05, 4.69) is 158 Å². The number of hydrogen-bond donors (Lipinski definition) is 0. The van der Waals surface area contributed by atoms with Crippen molar-refractivity contribution in [3.63, 3.8) is 0 Å². The van der Waals surface area contributed by atoms with Crippen LogP contribution in [0.15, 0.2) is 187 Å². The molecule has 0 heterocycles. The lowest BCUT2D eigenvalue weighted by Gasteiger charge is -2.14. The molecule has 0 aliphatic rings. The Labute approximate surface area is 219 Å². The van der Waals surface area contributed by atoms with Gasteiger partial charge in [0.1, 0.15) is 0 Å². The van der Waals surface area contributed by atoms with Crippen LogP contribution in [-0.2, 0) is 21.8 Å². The minimum absolute atomic E-state index is 0.197. The number of rotatable bonds is 6. The third kappa shape index (κ3) is 4.46. The first-order chi connectivity index (χ1) is 17.9. The molecule has 0 amide bonds. The average molecular weight is 499 g/mol. The zero-order valence-corrected chi connectivity index (χ0v) is 21.5. The summed E-state index contributed by atoms with van der Waals surface area (Å²) in [5.41, 5.74) is 0. The van der Waals surface area contributed by atoms with Gasteiger partial charge in [-0.3, -0.25) is 0 Å². The van der Waals surface area contributed by atoms with Crippen LogP contribution in [0.1, 0.15) is 0 Å². The van der Waals surface area contributed by atoms with Crippen molar-refractivity contribution >= 4 is 32.6 Å². The molecule has 0 nitrogen and oxygen atoms in total. The lowest BCUT2D eigenvalue weighted by molar-refractivity contribution is 1.31. The van der Waals surface area contributed by atoms with E-state index in [1.54, 1.807) is 0 Å². The van der Waals surface area contributed by atoms with Crippen LogP contribution < -0.4 is 0 Å². The summed E-state index contributed by atoms with van der Waals surface area (Å²) in [6.07, 6.45) is 0. The van der Waals surface area contributed by atoms with E-state index in [4.69, 9.17) is 0 Å². The molecule has 6 rings (SSSR count). The first-order valence-corrected chi connectivity index (χ1v) is 14.6. The van der Waals surface area contributed by atoms with E-state index < -0.39 is 0 Å². The van der Waals surface area contributed by atoms with Crippen molar-refractivity contribution in [1.82, 2.24) is 0 Å². The molecule has 0 unspecified atom stereocenters. The van der Waals surface area contributed by atoms with Crippen LogP contribution >= 0.6 is 0 Å². The Bertz CT molecular complexity index is 1360. The molecule has 0 N–H and O–H groups in total. The van der Waals surface area contributed by atoms with Crippen molar-refractivity contribution in [1.29, 1.82) is 0 Å². The Hall–Kier alpha value is -3.72. The van der Waals surface area contributed by atoms with Gasteiger partial charge in [-0.2, -0.15) is 0 Å². The van der Waals surface area contributed by atoms with Gasteiger partial charge in [-0.25, -0.2) is 0 Å². The molecule has 0 radical (unpaired) electrons. The van der Waals surface area contributed by atoms with Crippen molar-refractivity contribution < 1.29 is 0 Å². The quantitative estimate of drug-likeness (QED) is 0.201. The lowest BCUT2D eigenvalue weighted by atomic mass is 10.1. The van der Waals surface area contributed by atoms with Crippen LogP contribution in [0, 0.1) is 0 Å². The highest BCUT2D eigenvalue weighted by atomic mass is 32.2. The van der Waals surface area contributed by atoms with Gasteiger partial charge < -0.3 is 0 Å². The summed E-state index contributed by atoms with van der Waals surface area (Å²) in [6.45, 7) is 0. The third-order valence-corrected chi connectivity index (χ3v) is 10.8. The molecule has 0 aliphatic carbocycles. The minimum atomic E-state index is -0.197. The predicted molar refractivity (Wildman–Crippen MR) is 154 cm³/mol. The average Bonchev–Trinajstić information content (AvgIpc) is 2.97. The summed E-state index contributed by atoms with van der Waals surface area (Å²) in [6, 6.07) is 57.4. The van der Waals surface area contributed by atoms with Gasteiger partial charge in [-0.05, 0) is 72.8 Å². The zero-order valence-electron chi connectivity index (χ0n) is 19.8. The first kappa shape index (κ1) is 22.7. The Morgan fingerprint density at radius 1 is 0.250 bits per heavy atom. The minimum Gasteiger partial charge on any atom is -0.0619 e. The molecule has 36 heavy (non-hydrogen) atoms. The lowest BCUT2D eigenvalue weighted by Crippen LogP contribution is -2.09. The Morgan fingerprint density at radius 3 is 0.778 bits per heavy atom. The molecule has 6 aromatic carbocycles. The summed E-state index contributed by atoms with van der Waals surface area (Å²) < 4.78 is 0. The molecule has 2 heteroatoms. The van der Waals surface area contributed by atoms with Crippen LogP contribution in [0.5, 0.6) is 0 Å². The predicted octanol–water partition coefficient (Wildman–Crippen LogP) is 9.03. The molecule has 0 saturated carbocycles. The molecular weight excluding hydrogens is 473 g/mol. The normalized spacial score (nSPS) is 11.3. The highest BCUT2D eigenvalue weighted by Crippen LogP contribution is 2.41. The highest BCUT2D eigenvalue weighted by molar-refractivity contribution is 7.97. The first-order valence-electron chi connectivity index (χ1n) is 12.1. The summed E-state index contributed by atoms with van der Waals surface area (Å²) in [5, 5.41) is 2.66.